The van der Waals surface area contributed by atoms with Gasteiger partial charge in [-0.1, -0.05) is 24.3 Å². The van der Waals surface area contributed by atoms with E-state index >= 15 is 0 Å². The number of carboxylic acid groups (broad SMARTS) is 1. The van der Waals surface area contributed by atoms with Crippen molar-refractivity contribution in [2.24, 2.45) is 29.4 Å². The molecule has 0 spiro atoms. The molecule has 0 heterocycles. The molecular formula is C16H16N2O4. The number of para-hydroxylation sites is 1. The van der Waals surface area contributed by atoms with Crippen molar-refractivity contribution in [2.75, 3.05) is 5.32 Å². The molecule has 2 aliphatic rings. The maximum Gasteiger partial charge on any atom is 0.307 e. The summed E-state index contributed by atoms with van der Waals surface area (Å²) >= 11 is 0. The predicted molar refractivity (Wildman–Crippen MR) is 78.9 cm³/mol. The van der Waals surface area contributed by atoms with E-state index < -0.39 is 23.7 Å². The van der Waals surface area contributed by atoms with E-state index in [1.807, 2.05) is 12.2 Å². The maximum atomic E-state index is 12.5. The Morgan fingerprint density at radius 2 is 1.73 bits per heavy atom. The van der Waals surface area contributed by atoms with Crippen LogP contribution in [0, 0.1) is 23.7 Å². The highest BCUT2D eigenvalue weighted by Gasteiger charge is 2.51. The van der Waals surface area contributed by atoms with Crippen LogP contribution < -0.4 is 11.1 Å². The average molecular weight is 300 g/mol. The number of carbonyl (C=O) groups is 3. The summed E-state index contributed by atoms with van der Waals surface area (Å²) in [6.07, 6.45) is 4.48. The Labute approximate surface area is 127 Å². The number of allylic oxidation sites excluding steroid dienone is 2. The first kappa shape index (κ1) is 14.3. The Balaban J connectivity index is 1.85. The van der Waals surface area contributed by atoms with Gasteiger partial charge in [-0.3, -0.25) is 14.4 Å². The van der Waals surface area contributed by atoms with Crippen molar-refractivity contribution in [3.63, 3.8) is 0 Å². The summed E-state index contributed by atoms with van der Waals surface area (Å²) in [5.41, 5.74) is 5.81. The molecule has 3 rings (SSSR count). The fourth-order valence-corrected chi connectivity index (χ4v) is 3.54. The molecule has 1 aromatic carbocycles. The van der Waals surface area contributed by atoms with Crippen LogP contribution in [0.15, 0.2) is 36.4 Å². The molecule has 0 unspecified atom stereocenters. The van der Waals surface area contributed by atoms with Crippen LogP contribution in [0.5, 0.6) is 0 Å². The van der Waals surface area contributed by atoms with Crippen LogP contribution in [0.3, 0.4) is 0 Å². The molecule has 22 heavy (non-hydrogen) atoms. The van der Waals surface area contributed by atoms with E-state index in [-0.39, 0.29) is 23.3 Å². The minimum Gasteiger partial charge on any atom is -0.481 e. The molecule has 6 heteroatoms. The number of hydrogen-bond acceptors (Lipinski definition) is 3. The third-order valence-corrected chi connectivity index (χ3v) is 4.50. The molecule has 0 saturated heterocycles. The van der Waals surface area contributed by atoms with Gasteiger partial charge in [-0.2, -0.15) is 0 Å². The molecule has 0 aliphatic heterocycles. The summed E-state index contributed by atoms with van der Waals surface area (Å²) in [7, 11) is 0. The van der Waals surface area contributed by atoms with E-state index in [0.717, 1.165) is 0 Å². The molecule has 0 aromatic heterocycles. The quantitative estimate of drug-likeness (QED) is 0.727. The van der Waals surface area contributed by atoms with Crippen LogP contribution in [0.4, 0.5) is 5.69 Å². The standard InChI is InChI=1S/C16H16N2O4/c17-14(19)10-3-1-2-4-11(10)18-15(20)12-8-5-6-9(7-8)13(12)16(21)22/h1-6,8-9,12-13H,7H2,(H2,17,19)(H,18,20)(H,21,22)/t8-,9-,12+,13-/m0/s1. The molecular weight excluding hydrogens is 284 g/mol. The number of amides is 2. The van der Waals surface area contributed by atoms with Crippen LogP contribution in [-0.2, 0) is 9.59 Å². The zero-order chi connectivity index (χ0) is 15.9. The summed E-state index contributed by atoms with van der Waals surface area (Å²) in [6, 6.07) is 6.43. The molecule has 6 nitrogen and oxygen atoms in total. The van der Waals surface area contributed by atoms with Crippen molar-refractivity contribution in [1.82, 2.24) is 0 Å². The Bertz CT molecular complexity index is 682. The number of anilines is 1. The van der Waals surface area contributed by atoms with Crippen LogP contribution >= 0.6 is 0 Å². The van der Waals surface area contributed by atoms with Crippen LogP contribution in [0.2, 0.25) is 0 Å². The molecule has 1 saturated carbocycles. The van der Waals surface area contributed by atoms with E-state index in [2.05, 4.69) is 5.32 Å². The second-order valence-electron chi connectivity index (χ2n) is 5.74. The second kappa shape index (κ2) is 5.29. The lowest BCUT2D eigenvalue weighted by molar-refractivity contribution is -0.146. The van der Waals surface area contributed by atoms with Gasteiger partial charge in [0.25, 0.3) is 5.91 Å². The largest absolute Gasteiger partial charge is 0.481 e. The topological polar surface area (TPSA) is 109 Å². The van der Waals surface area contributed by atoms with Gasteiger partial charge < -0.3 is 16.2 Å². The first-order chi connectivity index (χ1) is 10.5. The zero-order valence-corrected chi connectivity index (χ0v) is 11.7. The van der Waals surface area contributed by atoms with Gasteiger partial charge in [0.2, 0.25) is 5.91 Å². The van der Waals surface area contributed by atoms with Gasteiger partial charge in [0.15, 0.2) is 0 Å². The monoisotopic (exact) mass is 300 g/mol. The molecule has 114 valence electrons. The number of carbonyl (C=O) groups excluding carboxylic acids is 2. The van der Waals surface area contributed by atoms with Crippen molar-refractivity contribution in [1.29, 1.82) is 0 Å². The number of nitrogens with two attached hydrogens (primary N) is 1. The van der Waals surface area contributed by atoms with Crippen LogP contribution in [0.25, 0.3) is 0 Å². The SMILES string of the molecule is NC(=O)c1ccccc1NC(=O)[C@H]1[C@@H](C(=O)O)[C@H]2C=C[C@H]1C2. The third-order valence-electron chi connectivity index (χ3n) is 4.50. The van der Waals surface area contributed by atoms with Gasteiger partial charge in [-0.25, -0.2) is 0 Å². The minimum absolute atomic E-state index is 0.0631. The van der Waals surface area contributed by atoms with Crippen molar-refractivity contribution in [3.05, 3.63) is 42.0 Å². The Hall–Kier alpha value is -2.63. The first-order valence-electron chi connectivity index (χ1n) is 7.10. The number of nitrogens with one attached hydrogen (secondary N) is 1. The van der Waals surface area contributed by atoms with E-state index in [0.29, 0.717) is 12.1 Å². The van der Waals surface area contributed by atoms with Crippen molar-refractivity contribution in [2.45, 2.75) is 6.42 Å². The van der Waals surface area contributed by atoms with Gasteiger partial charge in [0.1, 0.15) is 0 Å². The number of hydrogen-bond donors (Lipinski definition) is 3. The molecule has 2 aliphatic carbocycles. The highest BCUT2D eigenvalue weighted by Crippen LogP contribution is 2.48. The summed E-state index contributed by atoms with van der Waals surface area (Å²) in [4.78, 5) is 35.4. The summed E-state index contributed by atoms with van der Waals surface area (Å²) in [5.74, 6) is -3.46. The number of benzene rings is 1. The van der Waals surface area contributed by atoms with E-state index in [1.165, 1.54) is 6.07 Å². The van der Waals surface area contributed by atoms with Crippen molar-refractivity contribution >= 4 is 23.5 Å². The minimum atomic E-state index is -0.958. The lowest BCUT2D eigenvalue weighted by Crippen LogP contribution is -2.36. The molecule has 0 radical (unpaired) electrons. The van der Waals surface area contributed by atoms with Gasteiger partial charge in [-0.15, -0.1) is 0 Å². The van der Waals surface area contributed by atoms with Gasteiger partial charge in [0.05, 0.1) is 23.1 Å². The summed E-state index contributed by atoms with van der Waals surface area (Å²) in [5, 5.41) is 12.0. The Morgan fingerprint density at radius 1 is 1.09 bits per heavy atom. The Kier molecular flexibility index (Phi) is 3.44. The number of carboxylic acids is 1. The normalized spacial score (nSPS) is 28.5. The van der Waals surface area contributed by atoms with Gasteiger partial charge >= 0.3 is 5.97 Å². The van der Waals surface area contributed by atoms with Gasteiger partial charge in [-0.05, 0) is 30.4 Å². The van der Waals surface area contributed by atoms with Crippen molar-refractivity contribution < 1.29 is 19.5 Å². The highest BCUT2D eigenvalue weighted by atomic mass is 16.4. The average Bonchev–Trinajstić information content (AvgIpc) is 3.08. The lowest BCUT2D eigenvalue weighted by Gasteiger charge is -2.24. The number of aliphatic carboxylic acids is 1. The third kappa shape index (κ3) is 2.26. The summed E-state index contributed by atoms with van der Waals surface area (Å²) < 4.78 is 0. The molecule has 4 N–H and O–H groups in total. The molecule has 2 amide bonds. The predicted octanol–water partition coefficient (Wildman–Crippen LogP) is 1.25. The van der Waals surface area contributed by atoms with Crippen molar-refractivity contribution in [3.8, 4) is 0 Å². The summed E-state index contributed by atoms with van der Waals surface area (Å²) in [6.45, 7) is 0. The Morgan fingerprint density at radius 3 is 2.36 bits per heavy atom. The lowest BCUT2D eigenvalue weighted by atomic mass is 9.82. The smallest absolute Gasteiger partial charge is 0.307 e. The van der Waals surface area contributed by atoms with E-state index in [4.69, 9.17) is 5.73 Å². The fraction of sp³-hybridized carbons (Fsp3) is 0.312. The van der Waals surface area contributed by atoms with Crippen LogP contribution in [-0.4, -0.2) is 22.9 Å². The molecule has 4 atom stereocenters. The molecule has 1 fully saturated rings. The van der Waals surface area contributed by atoms with Crippen LogP contribution in [0.1, 0.15) is 16.8 Å². The van der Waals surface area contributed by atoms with E-state index in [9.17, 15) is 19.5 Å². The zero-order valence-electron chi connectivity index (χ0n) is 11.7. The van der Waals surface area contributed by atoms with E-state index in [1.54, 1.807) is 18.2 Å². The molecule has 1 aromatic rings. The maximum absolute atomic E-state index is 12.5. The second-order valence-corrected chi connectivity index (χ2v) is 5.74. The highest BCUT2D eigenvalue weighted by molar-refractivity contribution is 6.04. The fourth-order valence-electron chi connectivity index (χ4n) is 3.54. The number of fused-ring (bicyclic) bond motifs is 2. The first-order valence-corrected chi connectivity index (χ1v) is 7.10. The number of rotatable bonds is 4. The van der Waals surface area contributed by atoms with Gasteiger partial charge in [0, 0.05) is 0 Å². The molecule has 2 bridgehead atoms. The number of primary amides is 1.